The van der Waals surface area contributed by atoms with Crippen LogP contribution in [-0.4, -0.2) is 104 Å². The number of methoxy groups -OCH3 is 2. The lowest BCUT2D eigenvalue weighted by Crippen LogP contribution is -2.51. The Morgan fingerprint density at radius 3 is 1.82 bits per heavy atom. The number of aromatic nitrogens is 5. The van der Waals surface area contributed by atoms with Crippen LogP contribution >= 0.6 is 0 Å². The van der Waals surface area contributed by atoms with Gasteiger partial charge in [0.05, 0.1) is 67.8 Å². The molecule has 4 amide bonds. The minimum atomic E-state index is -0.743. The van der Waals surface area contributed by atoms with Gasteiger partial charge in [-0.1, -0.05) is 39.8 Å². The average molecular weight is 838 g/mol. The molecule has 5 aromatic rings. The Labute approximate surface area is 352 Å². The number of imidazole rings is 2. The molecule has 0 unspecified atom stereocenters. The molecule has 0 spiro atoms. The Bertz CT molecular complexity index is 2470. The van der Waals surface area contributed by atoms with Crippen LogP contribution < -0.4 is 15.4 Å². The summed E-state index contributed by atoms with van der Waals surface area (Å²) < 4.78 is 34.5. The number of halogens is 1. The van der Waals surface area contributed by atoms with Crippen LogP contribution in [0.1, 0.15) is 77.1 Å². The Morgan fingerprint density at radius 1 is 0.770 bits per heavy atom. The summed E-state index contributed by atoms with van der Waals surface area (Å²) in [5, 5.41) is 5.82. The number of likely N-dealkylation sites (tertiary alicyclic amines) is 2. The van der Waals surface area contributed by atoms with E-state index >= 15 is 4.39 Å². The monoisotopic (exact) mass is 837 g/mol. The van der Waals surface area contributed by atoms with Gasteiger partial charge in [0, 0.05) is 35.2 Å². The molecule has 3 aliphatic heterocycles. The van der Waals surface area contributed by atoms with E-state index in [2.05, 4.69) is 30.6 Å². The molecule has 4 atom stereocenters. The molecule has 6 heterocycles. The molecule has 61 heavy (non-hydrogen) atoms. The quantitative estimate of drug-likeness (QED) is 0.119. The Hall–Kier alpha value is -6.39. The summed E-state index contributed by atoms with van der Waals surface area (Å²) in [6.07, 6.45) is 5.15. The largest absolute Gasteiger partial charge is 0.491 e. The van der Waals surface area contributed by atoms with Crippen molar-refractivity contribution in [1.29, 1.82) is 0 Å². The predicted octanol–water partition coefficient (Wildman–Crippen LogP) is 6.71. The van der Waals surface area contributed by atoms with Crippen molar-refractivity contribution in [1.82, 2.24) is 44.9 Å². The van der Waals surface area contributed by atoms with E-state index in [1.165, 1.54) is 14.2 Å². The van der Waals surface area contributed by atoms with Gasteiger partial charge < -0.3 is 49.2 Å². The second kappa shape index (κ2) is 16.9. The van der Waals surface area contributed by atoms with Gasteiger partial charge in [0.15, 0.2) is 5.82 Å². The zero-order chi connectivity index (χ0) is 43.1. The number of fused-ring (bicyclic) bond motifs is 5. The molecular weight excluding hydrogens is 786 g/mol. The minimum absolute atomic E-state index is 0.147. The van der Waals surface area contributed by atoms with Gasteiger partial charge in [0.1, 0.15) is 36.1 Å². The molecule has 2 saturated heterocycles. The molecule has 4 N–H and O–H groups in total. The van der Waals surface area contributed by atoms with Gasteiger partial charge in [0.25, 0.3) is 0 Å². The number of nitrogens with zero attached hydrogens (tertiary/aromatic N) is 5. The highest BCUT2D eigenvalue weighted by molar-refractivity contribution is 5.93. The highest BCUT2D eigenvalue weighted by Crippen LogP contribution is 2.42. The molecule has 2 fully saturated rings. The normalized spacial score (nSPS) is 18.4. The van der Waals surface area contributed by atoms with Crippen LogP contribution in [0.4, 0.5) is 14.0 Å². The summed E-state index contributed by atoms with van der Waals surface area (Å²) in [6, 6.07) is 9.25. The zero-order valence-corrected chi connectivity index (χ0v) is 35.2. The maximum atomic E-state index is 16.7. The van der Waals surface area contributed by atoms with E-state index in [1.807, 2.05) is 68.7 Å². The van der Waals surface area contributed by atoms with E-state index in [0.29, 0.717) is 72.4 Å². The number of amides is 4. The molecule has 0 aliphatic carbocycles. The number of aromatic amines is 2. The third-order valence-corrected chi connectivity index (χ3v) is 12.1. The maximum absolute atomic E-state index is 16.7. The molecule has 322 valence electrons. The first-order valence-corrected chi connectivity index (χ1v) is 20.9. The van der Waals surface area contributed by atoms with E-state index in [-0.39, 0.29) is 41.6 Å². The summed E-state index contributed by atoms with van der Waals surface area (Å²) in [5.41, 5.74) is 4.76. The Kier molecular flexibility index (Phi) is 11.5. The van der Waals surface area contributed by atoms with Crippen LogP contribution in [0.25, 0.3) is 44.7 Å². The number of nitrogens with one attached hydrogen (secondary N) is 4. The van der Waals surface area contributed by atoms with Crippen LogP contribution in [0.5, 0.6) is 5.75 Å². The number of hydrogen-bond donors (Lipinski definition) is 4. The number of rotatable bonds is 10. The lowest BCUT2D eigenvalue weighted by Gasteiger charge is -2.30. The van der Waals surface area contributed by atoms with Crippen molar-refractivity contribution in [2.24, 2.45) is 11.8 Å². The van der Waals surface area contributed by atoms with E-state index in [1.54, 1.807) is 22.2 Å². The molecule has 3 aliphatic rings. The van der Waals surface area contributed by atoms with Crippen LogP contribution in [0.15, 0.2) is 48.8 Å². The fourth-order valence-electron chi connectivity index (χ4n) is 8.92. The fraction of sp³-hybridized carbons (Fsp3) is 0.455. The number of carbonyl (C=O) groups excluding carboxylic acids is 4. The highest BCUT2D eigenvalue weighted by atomic mass is 19.1. The van der Waals surface area contributed by atoms with Crippen LogP contribution in [-0.2, 0) is 25.6 Å². The van der Waals surface area contributed by atoms with Crippen molar-refractivity contribution in [2.75, 3.05) is 33.9 Å². The van der Waals surface area contributed by atoms with Crippen molar-refractivity contribution in [3.63, 3.8) is 0 Å². The van der Waals surface area contributed by atoms with Crippen molar-refractivity contribution >= 4 is 34.9 Å². The topological polar surface area (TPSA) is 189 Å². The number of H-pyrrole nitrogens is 2. The SMILES string of the molecule is COC(=O)N[C@H](C(=O)N1CCC[C@@H]1c1ncc(-c2ccc3c(c2)OCCn2c-3c(F)c3cc(-c4cnc([C@@H]5CCCN5C(=O)[C@@H](NC(=O)OC)C(C)C)[nH]4)ccc32)[nH]1)C(C)C. The lowest BCUT2D eigenvalue weighted by atomic mass is 10.0. The predicted molar refractivity (Wildman–Crippen MR) is 224 cm³/mol. The number of benzene rings is 2. The average Bonchev–Trinajstić information content (AvgIpc) is 4.11. The highest BCUT2D eigenvalue weighted by Gasteiger charge is 2.39. The summed E-state index contributed by atoms with van der Waals surface area (Å²) in [4.78, 5) is 71.1. The molecule has 17 heteroatoms. The first kappa shape index (κ1) is 41.3. The second-order valence-electron chi connectivity index (χ2n) is 16.6. The number of ether oxygens (including phenoxy) is 3. The first-order chi connectivity index (χ1) is 29.4. The summed E-state index contributed by atoms with van der Waals surface area (Å²) in [7, 11) is 2.54. The Balaban J connectivity index is 1.03. The van der Waals surface area contributed by atoms with Gasteiger partial charge in [-0.2, -0.15) is 0 Å². The molecule has 3 aromatic heterocycles. The minimum Gasteiger partial charge on any atom is -0.491 e. The molecule has 0 bridgehead atoms. The summed E-state index contributed by atoms with van der Waals surface area (Å²) in [6.45, 7) is 9.34. The summed E-state index contributed by atoms with van der Waals surface area (Å²) in [5.74, 6) is 0.769. The zero-order valence-electron chi connectivity index (χ0n) is 35.2. The molecule has 16 nitrogen and oxygen atoms in total. The van der Waals surface area contributed by atoms with Crippen LogP contribution in [0.3, 0.4) is 0 Å². The van der Waals surface area contributed by atoms with E-state index in [9.17, 15) is 19.2 Å². The van der Waals surface area contributed by atoms with Gasteiger partial charge in [-0.15, -0.1) is 0 Å². The van der Waals surface area contributed by atoms with Crippen molar-refractivity contribution in [2.45, 2.75) is 84.1 Å². The van der Waals surface area contributed by atoms with E-state index < -0.39 is 24.3 Å². The van der Waals surface area contributed by atoms with Gasteiger partial charge in [-0.3, -0.25) is 9.59 Å². The van der Waals surface area contributed by atoms with E-state index in [4.69, 9.17) is 14.2 Å². The maximum Gasteiger partial charge on any atom is 0.407 e. The van der Waals surface area contributed by atoms with Crippen LogP contribution in [0, 0.1) is 17.7 Å². The molecule has 0 radical (unpaired) electrons. The van der Waals surface area contributed by atoms with E-state index in [0.717, 1.165) is 41.6 Å². The molecule has 8 rings (SSSR count). The Morgan fingerprint density at radius 2 is 1.30 bits per heavy atom. The molecular formula is C44H52FN9O7. The number of hydrogen-bond acceptors (Lipinski definition) is 9. The number of alkyl carbamates (subject to hydrolysis) is 2. The molecule has 2 aromatic carbocycles. The fourth-order valence-corrected chi connectivity index (χ4v) is 8.92. The lowest BCUT2D eigenvalue weighted by molar-refractivity contribution is -0.136. The second-order valence-corrected chi connectivity index (χ2v) is 16.6. The van der Waals surface area contributed by atoms with Gasteiger partial charge in [-0.25, -0.2) is 23.9 Å². The third kappa shape index (κ3) is 7.76. The van der Waals surface area contributed by atoms with Crippen LogP contribution in [0.2, 0.25) is 0 Å². The van der Waals surface area contributed by atoms with Gasteiger partial charge in [0.2, 0.25) is 11.8 Å². The smallest absolute Gasteiger partial charge is 0.407 e. The summed E-state index contributed by atoms with van der Waals surface area (Å²) >= 11 is 0. The van der Waals surface area contributed by atoms with Crippen molar-refractivity contribution < 1.29 is 37.8 Å². The third-order valence-electron chi connectivity index (χ3n) is 12.1. The van der Waals surface area contributed by atoms with Crippen molar-refractivity contribution in [3.8, 4) is 39.5 Å². The number of carbonyl (C=O) groups is 4. The van der Waals surface area contributed by atoms with Gasteiger partial charge >= 0.3 is 12.2 Å². The van der Waals surface area contributed by atoms with Crippen molar-refractivity contribution in [3.05, 3.63) is 66.3 Å². The standard InChI is InChI=1S/C44H52FN9O7/c1-23(2)36(50-43(57)59-5)41(55)53-15-7-9-32(53)39-46-21-29(48-39)25-12-14-31-28(19-25)35(45)38-27-13-11-26(20-34(27)61-18-17-52(31)38)30-22-47-40(49-30)33-10-8-16-54(33)42(56)37(24(3)4)51-44(58)60-6/h11-14,19-24,32-33,36-37H,7-10,15-18H2,1-6H3,(H,46,48)(H,47,49)(H,50,57)(H,51,58)/t32-,33+,36-,37-/m0/s1. The first-order valence-electron chi connectivity index (χ1n) is 20.9. The van der Waals surface area contributed by atoms with Gasteiger partial charge in [-0.05, 0) is 61.8 Å². The molecule has 0 saturated carbocycles.